The molecular formula is C33H38O17. The SMILES string of the molecule is COc1cc([C@@H]2c3cc4c(cc3C(OC3OC5COC(C)O[C@@H]5C(O)C3O)C3COC(=O)[C@@H]32)OCO4)cc(OC)c1OC(=O)OCC(O)CO. The monoisotopic (exact) mass is 706 g/mol. The normalized spacial score (nSPS) is 33.0. The van der Waals surface area contributed by atoms with E-state index in [4.69, 9.17) is 57.2 Å². The molecule has 0 spiro atoms. The lowest BCUT2D eigenvalue weighted by molar-refractivity contribution is -0.364. The van der Waals surface area contributed by atoms with Crippen LogP contribution in [0.1, 0.15) is 35.6 Å². The summed E-state index contributed by atoms with van der Waals surface area (Å²) < 4.78 is 62.3. The van der Waals surface area contributed by atoms with E-state index in [0.29, 0.717) is 28.2 Å². The van der Waals surface area contributed by atoms with Gasteiger partial charge in [0.2, 0.25) is 12.5 Å². The molecule has 4 heterocycles. The van der Waals surface area contributed by atoms with Crippen LogP contribution in [0.15, 0.2) is 24.3 Å². The molecule has 3 fully saturated rings. The number of fused-ring (bicyclic) bond motifs is 4. The second-order valence-electron chi connectivity index (χ2n) is 12.5. The molecular weight excluding hydrogens is 668 g/mol. The van der Waals surface area contributed by atoms with Crippen molar-refractivity contribution in [2.45, 2.75) is 62.0 Å². The minimum Gasteiger partial charge on any atom is -0.493 e. The number of ether oxygens (including phenoxy) is 11. The number of cyclic esters (lactones) is 1. The zero-order chi connectivity index (χ0) is 35.3. The van der Waals surface area contributed by atoms with Crippen LogP contribution in [0.5, 0.6) is 28.7 Å². The van der Waals surface area contributed by atoms with Gasteiger partial charge in [-0.3, -0.25) is 4.79 Å². The highest BCUT2D eigenvalue weighted by atomic mass is 16.8. The molecule has 8 unspecified atom stereocenters. The number of carbonyl (C=O) groups excluding carboxylic acids is 2. The summed E-state index contributed by atoms with van der Waals surface area (Å²) in [5.74, 6) is -1.76. The van der Waals surface area contributed by atoms with E-state index in [0.717, 1.165) is 0 Å². The lowest BCUT2D eigenvalue weighted by Crippen LogP contribution is -2.63. The Balaban J connectivity index is 1.26. The second kappa shape index (κ2) is 14.0. The molecule has 272 valence electrons. The van der Waals surface area contributed by atoms with Gasteiger partial charge in [0, 0.05) is 11.8 Å². The third-order valence-corrected chi connectivity index (χ3v) is 9.52. The summed E-state index contributed by atoms with van der Waals surface area (Å²) >= 11 is 0. The number of hydrogen-bond acceptors (Lipinski definition) is 17. The molecule has 17 heteroatoms. The van der Waals surface area contributed by atoms with Crippen LogP contribution in [0.2, 0.25) is 0 Å². The first-order valence-electron chi connectivity index (χ1n) is 16.0. The Labute approximate surface area is 285 Å². The molecule has 5 aliphatic rings. The van der Waals surface area contributed by atoms with Crippen LogP contribution in [0.4, 0.5) is 4.79 Å². The minimum atomic E-state index is -1.49. The molecule has 0 bridgehead atoms. The Morgan fingerprint density at radius 2 is 1.66 bits per heavy atom. The summed E-state index contributed by atoms with van der Waals surface area (Å²) in [4.78, 5) is 26.1. The van der Waals surface area contributed by atoms with Gasteiger partial charge in [-0.15, -0.1) is 0 Å². The molecule has 0 saturated carbocycles. The Bertz CT molecular complexity index is 1570. The van der Waals surface area contributed by atoms with Gasteiger partial charge in [0.05, 0.1) is 46.1 Å². The highest BCUT2D eigenvalue weighted by Crippen LogP contribution is 2.57. The van der Waals surface area contributed by atoms with Crippen LogP contribution >= 0.6 is 0 Å². The molecule has 0 radical (unpaired) electrons. The summed E-state index contributed by atoms with van der Waals surface area (Å²) in [7, 11) is 2.71. The van der Waals surface area contributed by atoms with Crippen molar-refractivity contribution < 1.29 is 82.1 Å². The maximum atomic E-state index is 13.6. The predicted octanol–water partition coefficient (Wildman–Crippen LogP) is 0.502. The molecule has 2 aromatic rings. The summed E-state index contributed by atoms with van der Waals surface area (Å²) in [6, 6.07) is 6.68. The molecule has 2 aromatic carbocycles. The molecule has 1 aliphatic carbocycles. The number of aliphatic hydroxyl groups excluding tert-OH is 4. The van der Waals surface area contributed by atoms with Crippen LogP contribution in [0, 0.1) is 11.8 Å². The average Bonchev–Trinajstić information content (AvgIpc) is 3.74. The van der Waals surface area contributed by atoms with Crippen molar-refractivity contribution in [3.8, 4) is 28.7 Å². The van der Waals surface area contributed by atoms with Gasteiger partial charge in [-0.1, -0.05) is 0 Å². The molecule has 3 saturated heterocycles. The largest absolute Gasteiger partial charge is 0.514 e. The third-order valence-electron chi connectivity index (χ3n) is 9.52. The van der Waals surface area contributed by atoms with E-state index in [1.807, 2.05) is 0 Å². The lowest BCUT2D eigenvalue weighted by Gasteiger charge is -2.47. The fourth-order valence-corrected chi connectivity index (χ4v) is 7.15. The van der Waals surface area contributed by atoms with Crippen LogP contribution in [0.25, 0.3) is 0 Å². The topological polar surface area (TPSA) is 217 Å². The molecule has 0 aromatic heterocycles. The van der Waals surface area contributed by atoms with Crippen molar-refractivity contribution in [2.24, 2.45) is 11.8 Å². The van der Waals surface area contributed by atoms with E-state index >= 15 is 0 Å². The Kier molecular flexibility index (Phi) is 9.66. The van der Waals surface area contributed by atoms with Crippen LogP contribution in [-0.2, 0) is 33.2 Å². The lowest BCUT2D eigenvalue weighted by atomic mass is 9.66. The third kappa shape index (κ3) is 6.17. The van der Waals surface area contributed by atoms with E-state index in [9.17, 15) is 24.9 Å². The fraction of sp³-hybridized carbons (Fsp3) is 0.576. The molecule has 17 nitrogen and oxygen atoms in total. The number of benzene rings is 2. The molecule has 0 amide bonds. The smallest absolute Gasteiger partial charge is 0.493 e. The van der Waals surface area contributed by atoms with Crippen molar-refractivity contribution in [1.82, 2.24) is 0 Å². The Morgan fingerprint density at radius 1 is 0.960 bits per heavy atom. The second-order valence-corrected chi connectivity index (χ2v) is 12.5. The summed E-state index contributed by atoms with van der Waals surface area (Å²) in [5, 5.41) is 40.7. The predicted molar refractivity (Wildman–Crippen MR) is 162 cm³/mol. The maximum Gasteiger partial charge on any atom is 0.514 e. The summed E-state index contributed by atoms with van der Waals surface area (Å²) in [6.45, 7) is 0.611. The van der Waals surface area contributed by atoms with Crippen LogP contribution in [-0.4, -0.2) is 123 Å². The van der Waals surface area contributed by atoms with Gasteiger partial charge < -0.3 is 72.5 Å². The van der Waals surface area contributed by atoms with E-state index in [1.165, 1.54) is 14.2 Å². The van der Waals surface area contributed by atoms with Crippen LogP contribution < -0.4 is 23.7 Å². The highest BCUT2D eigenvalue weighted by molar-refractivity contribution is 5.79. The van der Waals surface area contributed by atoms with Crippen molar-refractivity contribution in [3.05, 3.63) is 41.0 Å². The van der Waals surface area contributed by atoms with E-state index in [2.05, 4.69) is 0 Å². The molecule has 11 atom stereocenters. The summed E-state index contributed by atoms with van der Waals surface area (Å²) in [5.41, 5.74) is 1.73. The van der Waals surface area contributed by atoms with Crippen molar-refractivity contribution in [2.75, 3.05) is 47.4 Å². The number of rotatable bonds is 9. The molecule has 4 aliphatic heterocycles. The first-order chi connectivity index (χ1) is 24.1. The quantitative estimate of drug-likeness (QED) is 0.206. The highest BCUT2D eigenvalue weighted by Gasteiger charge is 2.56. The zero-order valence-corrected chi connectivity index (χ0v) is 27.3. The number of esters is 1. The van der Waals surface area contributed by atoms with Crippen molar-refractivity contribution in [1.29, 1.82) is 0 Å². The minimum absolute atomic E-state index is 0.0271. The number of carbonyl (C=O) groups is 2. The maximum absolute atomic E-state index is 13.6. The number of aliphatic hydroxyl groups is 4. The zero-order valence-electron chi connectivity index (χ0n) is 27.3. The van der Waals surface area contributed by atoms with E-state index in [-0.39, 0.29) is 37.3 Å². The first kappa shape index (κ1) is 34.5. The average molecular weight is 707 g/mol. The van der Waals surface area contributed by atoms with Gasteiger partial charge in [-0.2, -0.15) is 0 Å². The van der Waals surface area contributed by atoms with E-state index in [1.54, 1.807) is 31.2 Å². The summed E-state index contributed by atoms with van der Waals surface area (Å²) in [6.07, 6.45) is -9.66. The van der Waals surface area contributed by atoms with Gasteiger partial charge >= 0.3 is 12.1 Å². The van der Waals surface area contributed by atoms with Gasteiger partial charge in [0.25, 0.3) is 0 Å². The standard InChI is InChI=1S/C33H38O17/c1-13-42-11-23-30(47-13)26(36)27(37)32(48-23)49-28-17-7-20-19(45-12-46-20)6-16(17)24(25-18(28)10-43-31(25)38)14-4-21(40-2)29(22(5-14)41-3)50-33(39)44-9-15(35)8-34/h4-7,13,15,18,23-28,30,32,34-37H,8-12H2,1-3H3/t13?,15?,18?,23?,24-,25+,26?,27?,28?,30+,32?/m1/s1. The van der Waals surface area contributed by atoms with Gasteiger partial charge in [-0.05, 0) is 47.9 Å². The Morgan fingerprint density at radius 3 is 2.34 bits per heavy atom. The molecule has 7 rings (SSSR count). The van der Waals surface area contributed by atoms with Gasteiger partial charge in [-0.25, -0.2) is 4.79 Å². The Hall–Kier alpha value is -3.94. The number of hydrogen-bond donors (Lipinski definition) is 4. The number of methoxy groups -OCH3 is 2. The van der Waals surface area contributed by atoms with Crippen LogP contribution in [0.3, 0.4) is 0 Å². The fourth-order valence-electron chi connectivity index (χ4n) is 7.15. The first-order valence-corrected chi connectivity index (χ1v) is 16.0. The van der Waals surface area contributed by atoms with Gasteiger partial charge in [0.1, 0.15) is 37.1 Å². The van der Waals surface area contributed by atoms with Crippen molar-refractivity contribution >= 4 is 12.1 Å². The van der Waals surface area contributed by atoms with Gasteiger partial charge in [0.15, 0.2) is 35.6 Å². The molecule has 4 N–H and O–H groups in total. The molecule has 50 heavy (non-hydrogen) atoms. The van der Waals surface area contributed by atoms with E-state index < -0.39 is 92.3 Å². The van der Waals surface area contributed by atoms with Crippen molar-refractivity contribution in [3.63, 3.8) is 0 Å².